The lowest BCUT2D eigenvalue weighted by molar-refractivity contribution is -0.140. The summed E-state index contributed by atoms with van der Waals surface area (Å²) in [6.45, 7) is -0.410. The number of amides is 3. The van der Waals surface area contributed by atoms with Crippen LogP contribution in [0, 0.1) is 0 Å². The van der Waals surface area contributed by atoms with Crippen LogP contribution in [-0.4, -0.2) is 57.7 Å². The molecule has 0 aromatic carbocycles. The fraction of sp³-hybridized carbons (Fsp3) is 0.600. The van der Waals surface area contributed by atoms with Crippen LogP contribution in [0.15, 0.2) is 0 Å². The predicted octanol–water partition coefficient (Wildman–Crippen LogP) is -1.49. The van der Waals surface area contributed by atoms with Gasteiger partial charge >= 0.3 is 26.2 Å². The third-order valence-electron chi connectivity index (χ3n) is 2.49. The summed E-state index contributed by atoms with van der Waals surface area (Å²) in [5, 5.41) is 21.8. The monoisotopic (exact) mass is 354 g/mol. The summed E-state index contributed by atoms with van der Waals surface area (Å²) >= 11 is 0. The van der Waals surface area contributed by atoms with E-state index in [1.54, 1.807) is 0 Å². The first-order valence-electron chi connectivity index (χ1n) is 6.23. The summed E-state index contributed by atoms with van der Waals surface area (Å²) in [5.41, 5.74) is 4.88. The molecule has 13 heteroatoms. The Hall–Kier alpha value is -2.30. The molecule has 0 aromatic rings. The number of primary amides is 1. The van der Waals surface area contributed by atoms with Gasteiger partial charge in [-0.25, -0.2) is 14.4 Å². The van der Waals surface area contributed by atoms with Crippen molar-refractivity contribution in [1.82, 2.24) is 10.6 Å². The Labute approximate surface area is 130 Å². The van der Waals surface area contributed by atoms with Crippen LogP contribution < -0.4 is 16.4 Å². The highest BCUT2D eigenvalue weighted by Gasteiger charge is 2.25. The van der Waals surface area contributed by atoms with Crippen molar-refractivity contribution in [2.24, 2.45) is 5.73 Å². The van der Waals surface area contributed by atoms with E-state index in [1.165, 1.54) is 0 Å². The van der Waals surface area contributed by atoms with E-state index in [9.17, 15) is 23.7 Å². The van der Waals surface area contributed by atoms with Gasteiger partial charge < -0.3 is 26.6 Å². The summed E-state index contributed by atoms with van der Waals surface area (Å²) in [6.07, 6.45) is -0.857. The van der Waals surface area contributed by atoms with Crippen LogP contribution in [0.2, 0.25) is 0 Å². The van der Waals surface area contributed by atoms with Crippen molar-refractivity contribution in [3.05, 3.63) is 0 Å². The minimum atomic E-state index is -2.90. The normalized spacial score (nSPS) is 13.5. The molecule has 0 heterocycles. The van der Waals surface area contributed by atoms with Crippen molar-refractivity contribution in [3.63, 3.8) is 0 Å². The SMILES string of the molecule is NC(=O)CC[C@@H](NC(=O)N[C@H](CCO[P+](=O)O)C(=O)O)C(=O)O. The van der Waals surface area contributed by atoms with Crippen LogP contribution in [0.4, 0.5) is 4.79 Å². The van der Waals surface area contributed by atoms with E-state index in [-0.39, 0.29) is 19.3 Å². The number of rotatable bonds is 11. The molecule has 0 spiro atoms. The van der Waals surface area contributed by atoms with E-state index in [1.807, 2.05) is 10.6 Å². The van der Waals surface area contributed by atoms with Crippen molar-refractivity contribution in [3.8, 4) is 0 Å². The number of hydrogen-bond acceptors (Lipinski definition) is 6. The molecule has 0 aliphatic heterocycles. The first-order chi connectivity index (χ1) is 10.6. The average Bonchev–Trinajstić information content (AvgIpc) is 2.41. The van der Waals surface area contributed by atoms with Gasteiger partial charge in [-0.15, -0.1) is 9.42 Å². The predicted molar refractivity (Wildman–Crippen MR) is 73.3 cm³/mol. The maximum atomic E-state index is 11.6. The van der Waals surface area contributed by atoms with Gasteiger partial charge in [0.15, 0.2) is 0 Å². The Balaban J connectivity index is 4.52. The van der Waals surface area contributed by atoms with Gasteiger partial charge in [-0.2, -0.15) is 0 Å². The van der Waals surface area contributed by atoms with Crippen LogP contribution in [0.1, 0.15) is 19.3 Å². The lowest BCUT2D eigenvalue weighted by atomic mass is 10.1. The second kappa shape index (κ2) is 10.4. The van der Waals surface area contributed by atoms with E-state index in [0.29, 0.717) is 0 Å². The van der Waals surface area contributed by atoms with Crippen LogP contribution in [0.5, 0.6) is 0 Å². The summed E-state index contributed by atoms with van der Waals surface area (Å²) in [7, 11) is -2.90. The smallest absolute Gasteiger partial charge is 0.480 e. The van der Waals surface area contributed by atoms with Gasteiger partial charge in [0.05, 0.1) is 0 Å². The molecule has 130 valence electrons. The summed E-state index contributed by atoms with van der Waals surface area (Å²) < 4.78 is 14.6. The van der Waals surface area contributed by atoms with Gasteiger partial charge in [0.2, 0.25) is 5.91 Å². The second-order valence-electron chi connectivity index (χ2n) is 4.26. The standard InChI is InChI=1S/C10H16N3O9P/c11-7(14)2-1-5(8(15)16)12-10(19)13-6(9(17)18)3-4-22-23(20)21/h5-6H,1-4H2,(H6-,11,12,13,14,15,16,17,18,19,20,21)/p+1/t5-,6-/m1/s1. The van der Waals surface area contributed by atoms with Crippen LogP contribution >= 0.6 is 8.25 Å². The molecule has 0 saturated carbocycles. The van der Waals surface area contributed by atoms with Gasteiger partial charge in [0.25, 0.3) is 0 Å². The van der Waals surface area contributed by atoms with Crippen molar-refractivity contribution in [2.45, 2.75) is 31.3 Å². The largest absolute Gasteiger partial charge is 0.694 e. The van der Waals surface area contributed by atoms with Gasteiger partial charge in [-0.05, 0) is 6.42 Å². The quantitative estimate of drug-likeness (QED) is 0.239. The number of aliphatic carboxylic acids is 2. The Bertz CT molecular complexity index is 484. The van der Waals surface area contributed by atoms with Crippen molar-refractivity contribution < 1.29 is 43.4 Å². The molecule has 3 atom stereocenters. The highest BCUT2D eigenvalue weighted by atomic mass is 31.1. The summed E-state index contributed by atoms with van der Waals surface area (Å²) in [5.74, 6) is -3.62. The number of nitrogens with two attached hydrogens (primary N) is 1. The highest BCUT2D eigenvalue weighted by molar-refractivity contribution is 7.32. The molecule has 0 radical (unpaired) electrons. The molecule has 0 fully saturated rings. The summed E-state index contributed by atoms with van der Waals surface area (Å²) in [4.78, 5) is 52.5. The Morgan fingerprint density at radius 2 is 1.52 bits per heavy atom. The van der Waals surface area contributed by atoms with Crippen LogP contribution in [0.3, 0.4) is 0 Å². The maximum Gasteiger partial charge on any atom is 0.694 e. The molecule has 0 rings (SSSR count). The molecule has 12 nitrogen and oxygen atoms in total. The second-order valence-corrected chi connectivity index (χ2v) is 5.00. The molecule has 0 aliphatic carbocycles. The number of hydrogen-bond donors (Lipinski definition) is 6. The third kappa shape index (κ3) is 10.1. The van der Waals surface area contributed by atoms with Crippen molar-refractivity contribution in [2.75, 3.05) is 6.61 Å². The first-order valence-corrected chi connectivity index (χ1v) is 7.36. The molecule has 3 amide bonds. The lowest BCUT2D eigenvalue weighted by Gasteiger charge is -2.17. The molecule has 0 saturated heterocycles. The fourth-order valence-electron chi connectivity index (χ4n) is 1.41. The zero-order valence-corrected chi connectivity index (χ0v) is 12.7. The number of carbonyl (C=O) groups is 4. The molecule has 1 unspecified atom stereocenters. The minimum absolute atomic E-state index is 0.260. The number of urea groups is 1. The van der Waals surface area contributed by atoms with Gasteiger partial charge in [-0.1, -0.05) is 0 Å². The first kappa shape index (κ1) is 20.7. The van der Waals surface area contributed by atoms with E-state index in [0.717, 1.165) is 0 Å². The Morgan fingerprint density at radius 3 is 1.91 bits per heavy atom. The van der Waals surface area contributed by atoms with Crippen LogP contribution in [0.25, 0.3) is 0 Å². The van der Waals surface area contributed by atoms with E-state index >= 15 is 0 Å². The summed E-state index contributed by atoms with van der Waals surface area (Å²) in [6, 6.07) is -3.99. The highest BCUT2D eigenvalue weighted by Crippen LogP contribution is 2.14. The molecule has 7 N–H and O–H groups in total. The van der Waals surface area contributed by atoms with Gasteiger partial charge in [0.1, 0.15) is 18.7 Å². The van der Waals surface area contributed by atoms with E-state index in [2.05, 4.69) is 4.52 Å². The van der Waals surface area contributed by atoms with E-state index in [4.69, 9.17) is 20.8 Å². The number of nitrogens with one attached hydrogen (secondary N) is 2. The topological polar surface area (TPSA) is 205 Å². The van der Waals surface area contributed by atoms with Gasteiger partial charge in [0, 0.05) is 17.4 Å². The fourth-order valence-corrected chi connectivity index (χ4v) is 1.67. The molecule has 0 aliphatic rings. The molecular weight excluding hydrogens is 337 g/mol. The van der Waals surface area contributed by atoms with Crippen LogP contribution in [-0.2, 0) is 23.5 Å². The zero-order chi connectivity index (χ0) is 18.0. The van der Waals surface area contributed by atoms with Crippen molar-refractivity contribution >= 4 is 32.1 Å². The maximum absolute atomic E-state index is 11.6. The number of carbonyl (C=O) groups excluding carboxylic acids is 2. The lowest BCUT2D eigenvalue weighted by Crippen LogP contribution is -2.51. The molecule has 23 heavy (non-hydrogen) atoms. The third-order valence-corrected chi connectivity index (χ3v) is 2.90. The Kier molecular flexibility index (Phi) is 9.39. The zero-order valence-electron chi connectivity index (χ0n) is 11.8. The van der Waals surface area contributed by atoms with Gasteiger partial charge in [-0.3, -0.25) is 4.79 Å². The molecule has 0 aromatic heterocycles. The molecule has 0 bridgehead atoms. The molecular formula is C10H17N3O9P+. The van der Waals surface area contributed by atoms with E-state index < -0.39 is 50.8 Å². The number of carboxylic acid groups (broad SMARTS) is 2. The average molecular weight is 354 g/mol. The number of carboxylic acids is 2. The minimum Gasteiger partial charge on any atom is -0.480 e. The van der Waals surface area contributed by atoms with Crippen molar-refractivity contribution in [1.29, 1.82) is 0 Å². The Morgan fingerprint density at radius 1 is 1.04 bits per heavy atom.